The highest BCUT2D eigenvalue weighted by molar-refractivity contribution is 4.92. The van der Waals surface area contributed by atoms with Crippen LogP contribution in [0, 0.1) is 5.92 Å². The van der Waals surface area contributed by atoms with E-state index in [4.69, 9.17) is 4.74 Å². The van der Waals surface area contributed by atoms with Crippen LogP contribution in [0.15, 0.2) is 0 Å². The quantitative estimate of drug-likeness (QED) is 0.784. The van der Waals surface area contributed by atoms with E-state index in [2.05, 4.69) is 30.6 Å². The molecule has 3 nitrogen and oxygen atoms in total. The SMILES string of the molecule is CC.CCN1CCC2(CC1)CN(CC(C)C)CCO2. The van der Waals surface area contributed by atoms with Crippen molar-refractivity contribution in [3.8, 4) is 0 Å². The minimum atomic E-state index is 0.179. The van der Waals surface area contributed by atoms with Crippen molar-refractivity contribution in [2.24, 2.45) is 5.92 Å². The Kier molecular flexibility index (Phi) is 7.33. The van der Waals surface area contributed by atoms with Crippen molar-refractivity contribution in [1.82, 2.24) is 9.80 Å². The van der Waals surface area contributed by atoms with Gasteiger partial charge >= 0.3 is 0 Å². The van der Waals surface area contributed by atoms with E-state index in [0.717, 1.165) is 25.6 Å². The van der Waals surface area contributed by atoms with Crippen molar-refractivity contribution in [3.63, 3.8) is 0 Å². The lowest BCUT2D eigenvalue weighted by atomic mass is 9.89. The predicted octanol–water partition coefficient (Wildman–Crippen LogP) is 2.86. The molecule has 3 heteroatoms. The van der Waals surface area contributed by atoms with Gasteiger partial charge in [0.25, 0.3) is 0 Å². The standard InChI is InChI=1S/C14H28N2O.C2H6/c1-4-15-7-5-14(6-8-15)12-16(9-10-17-14)11-13(2)3;1-2/h13H,4-12H2,1-3H3;1-2H3. The summed E-state index contributed by atoms with van der Waals surface area (Å²) >= 11 is 0. The van der Waals surface area contributed by atoms with Gasteiger partial charge in [-0.05, 0) is 25.3 Å². The van der Waals surface area contributed by atoms with E-state index in [0.29, 0.717) is 0 Å². The van der Waals surface area contributed by atoms with E-state index in [9.17, 15) is 0 Å². The Morgan fingerprint density at radius 1 is 1.05 bits per heavy atom. The highest BCUT2D eigenvalue weighted by Crippen LogP contribution is 2.30. The zero-order valence-electron chi connectivity index (χ0n) is 13.7. The average Bonchev–Trinajstić information content (AvgIpc) is 2.41. The van der Waals surface area contributed by atoms with Gasteiger partial charge in [0.05, 0.1) is 12.2 Å². The van der Waals surface area contributed by atoms with Crippen LogP contribution in [0.2, 0.25) is 0 Å². The first-order valence-electron chi connectivity index (χ1n) is 8.22. The van der Waals surface area contributed by atoms with Gasteiger partial charge in [0.1, 0.15) is 0 Å². The van der Waals surface area contributed by atoms with Crippen molar-refractivity contribution in [1.29, 1.82) is 0 Å². The Hall–Kier alpha value is -0.120. The second-order valence-electron chi connectivity index (χ2n) is 6.09. The number of rotatable bonds is 3. The van der Waals surface area contributed by atoms with Crippen LogP contribution in [0.25, 0.3) is 0 Å². The van der Waals surface area contributed by atoms with Gasteiger partial charge in [-0.15, -0.1) is 0 Å². The van der Waals surface area contributed by atoms with Crippen LogP contribution in [0.5, 0.6) is 0 Å². The lowest BCUT2D eigenvalue weighted by Gasteiger charge is -2.47. The Morgan fingerprint density at radius 3 is 2.21 bits per heavy atom. The van der Waals surface area contributed by atoms with Crippen LogP contribution in [0.4, 0.5) is 0 Å². The van der Waals surface area contributed by atoms with E-state index >= 15 is 0 Å². The highest BCUT2D eigenvalue weighted by Gasteiger charge is 2.39. The summed E-state index contributed by atoms with van der Waals surface area (Å²) in [5.74, 6) is 0.765. The third-order valence-electron chi connectivity index (χ3n) is 4.17. The molecule has 2 aliphatic rings. The molecule has 2 fully saturated rings. The molecule has 2 saturated heterocycles. The first-order valence-corrected chi connectivity index (χ1v) is 8.22. The van der Waals surface area contributed by atoms with Gasteiger partial charge in [-0.25, -0.2) is 0 Å². The fourth-order valence-electron chi connectivity index (χ4n) is 3.17. The molecule has 0 amide bonds. The summed E-state index contributed by atoms with van der Waals surface area (Å²) < 4.78 is 6.14. The number of ether oxygens (including phenoxy) is 1. The second kappa shape index (κ2) is 8.23. The maximum atomic E-state index is 6.14. The number of likely N-dealkylation sites (tertiary alicyclic amines) is 1. The summed E-state index contributed by atoms with van der Waals surface area (Å²) in [5, 5.41) is 0. The van der Waals surface area contributed by atoms with E-state index in [1.807, 2.05) is 13.8 Å². The topological polar surface area (TPSA) is 15.7 Å². The smallest absolute Gasteiger partial charge is 0.0833 e. The molecular weight excluding hydrogens is 236 g/mol. The number of piperidine rings is 1. The average molecular weight is 270 g/mol. The van der Waals surface area contributed by atoms with Gasteiger partial charge in [0.15, 0.2) is 0 Å². The molecule has 19 heavy (non-hydrogen) atoms. The third-order valence-corrected chi connectivity index (χ3v) is 4.17. The van der Waals surface area contributed by atoms with Crippen LogP contribution >= 0.6 is 0 Å². The lowest BCUT2D eigenvalue weighted by Crippen LogP contribution is -2.57. The van der Waals surface area contributed by atoms with E-state index < -0.39 is 0 Å². The normalized spacial score (nSPS) is 24.3. The molecule has 0 aromatic rings. The van der Waals surface area contributed by atoms with Gasteiger partial charge < -0.3 is 9.64 Å². The van der Waals surface area contributed by atoms with Crippen molar-refractivity contribution < 1.29 is 4.74 Å². The number of hydrogen-bond donors (Lipinski definition) is 0. The molecule has 0 unspecified atom stereocenters. The second-order valence-corrected chi connectivity index (χ2v) is 6.09. The molecule has 2 heterocycles. The zero-order chi connectivity index (χ0) is 14.3. The first kappa shape index (κ1) is 16.9. The fraction of sp³-hybridized carbons (Fsp3) is 1.00. The summed E-state index contributed by atoms with van der Waals surface area (Å²) in [6, 6.07) is 0. The van der Waals surface area contributed by atoms with E-state index in [1.54, 1.807) is 0 Å². The Labute approximate surface area is 120 Å². The fourth-order valence-corrected chi connectivity index (χ4v) is 3.17. The van der Waals surface area contributed by atoms with Gasteiger partial charge in [0.2, 0.25) is 0 Å². The minimum Gasteiger partial charge on any atom is -0.372 e. The molecular formula is C16H34N2O. The van der Waals surface area contributed by atoms with E-state index in [-0.39, 0.29) is 5.60 Å². The van der Waals surface area contributed by atoms with Gasteiger partial charge in [-0.1, -0.05) is 34.6 Å². The first-order chi connectivity index (χ1) is 9.13. The van der Waals surface area contributed by atoms with E-state index in [1.165, 1.54) is 39.0 Å². The summed E-state index contributed by atoms with van der Waals surface area (Å²) in [6.45, 7) is 18.9. The van der Waals surface area contributed by atoms with Crippen molar-refractivity contribution in [3.05, 3.63) is 0 Å². The monoisotopic (exact) mass is 270 g/mol. The summed E-state index contributed by atoms with van der Waals surface area (Å²) in [5.41, 5.74) is 0.179. The largest absolute Gasteiger partial charge is 0.372 e. The Bertz CT molecular complexity index is 235. The van der Waals surface area contributed by atoms with Crippen LogP contribution in [0.1, 0.15) is 47.5 Å². The zero-order valence-corrected chi connectivity index (χ0v) is 13.7. The Balaban J connectivity index is 0.000000861. The molecule has 0 aliphatic carbocycles. The maximum Gasteiger partial charge on any atom is 0.0833 e. The molecule has 0 saturated carbocycles. The number of morpholine rings is 1. The highest BCUT2D eigenvalue weighted by atomic mass is 16.5. The van der Waals surface area contributed by atoms with Crippen LogP contribution < -0.4 is 0 Å². The predicted molar refractivity (Wildman–Crippen MR) is 82.7 cm³/mol. The molecule has 114 valence electrons. The molecule has 0 radical (unpaired) electrons. The van der Waals surface area contributed by atoms with Crippen LogP contribution in [-0.2, 0) is 4.74 Å². The van der Waals surface area contributed by atoms with Crippen molar-refractivity contribution in [2.75, 3.05) is 45.9 Å². The molecule has 0 N–H and O–H groups in total. The number of nitrogens with zero attached hydrogens (tertiary/aromatic N) is 2. The summed E-state index contributed by atoms with van der Waals surface area (Å²) in [7, 11) is 0. The van der Waals surface area contributed by atoms with Gasteiger partial charge in [0, 0.05) is 32.7 Å². The minimum absolute atomic E-state index is 0.179. The summed E-state index contributed by atoms with van der Waals surface area (Å²) in [4.78, 5) is 5.14. The molecule has 2 rings (SSSR count). The Morgan fingerprint density at radius 2 is 1.68 bits per heavy atom. The lowest BCUT2D eigenvalue weighted by molar-refractivity contribution is -0.136. The van der Waals surface area contributed by atoms with Crippen LogP contribution in [-0.4, -0.2) is 61.3 Å². The van der Waals surface area contributed by atoms with Crippen LogP contribution in [0.3, 0.4) is 0 Å². The maximum absolute atomic E-state index is 6.14. The molecule has 0 aromatic heterocycles. The molecule has 0 bridgehead atoms. The molecule has 2 aliphatic heterocycles. The molecule has 0 atom stereocenters. The third kappa shape index (κ3) is 5.05. The molecule has 0 aromatic carbocycles. The van der Waals surface area contributed by atoms with Gasteiger partial charge in [-0.3, -0.25) is 4.90 Å². The van der Waals surface area contributed by atoms with Gasteiger partial charge in [-0.2, -0.15) is 0 Å². The van der Waals surface area contributed by atoms with Crippen molar-refractivity contribution in [2.45, 2.75) is 53.1 Å². The number of hydrogen-bond acceptors (Lipinski definition) is 3. The van der Waals surface area contributed by atoms with Crippen molar-refractivity contribution >= 4 is 0 Å². The molecule has 1 spiro atoms. The summed E-state index contributed by atoms with van der Waals surface area (Å²) in [6.07, 6.45) is 2.44.